The van der Waals surface area contributed by atoms with Crippen LogP contribution in [0.4, 0.5) is 10.2 Å². The van der Waals surface area contributed by atoms with Gasteiger partial charge in [0, 0.05) is 37.2 Å². The van der Waals surface area contributed by atoms with E-state index in [4.69, 9.17) is 9.84 Å². The zero-order chi connectivity index (χ0) is 20.1. The number of nitrogens with one attached hydrogen (secondary N) is 1. The quantitative estimate of drug-likeness (QED) is 0.671. The molecule has 0 saturated carbocycles. The monoisotopic (exact) mass is 382 g/mol. The summed E-state index contributed by atoms with van der Waals surface area (Å²) in [7, 11) is 1.46. The van der Waals surface area contributed by atoms with E-state index < -0.39 is 0 Å². The number of anilines is 1. The average molecular weight is 382 g/mol. The number of pyridine rings is 1. The smallest absolute Gasteiger partial charge is 0.251 e. The summed E-state index contributed by atoms with van der Waals surface area (Å²) < 4.78 is 20.1. The Morgan fingerprint density at radius 2 is 1.96 bits per heavy atom. The topological polar surface area (TPSA) is 69.0 Å². The van der Waals surface area contributed by atoms with E-state index in [0.29, 0.717) is 11.7 Å². The summed E-state index contributed by atoms with van der Waals surface area (Å²) in [5.41, 5.74) is 3.32. The number of carbonyl (C=O) groups is 1. The van der Waals surface area contributed by atoms with Crippen molar-refractivity contribution in [1.29, 1.82) is 0 Å². The van der Waals surface area contributed by atoms with Crippen LogP contribution in [0.1, 0.15) is 13.8 Å². The molecule has 0 fully saturated rings. The van der Waals surface area contributed by atoms with E-state index in [2.05, 4.69) is 24.1 Å². The van der Waals surface area contributed by atoms with Gasteiger partial charge in [-0.15, -0.1) is 0 Å². The third kappa shape index (κ3) is 4.80. The lowest BCUT2D eigenvalue weighted by Crippen LogP contribution is -2.17. The van der Waals surface area contributed by atoms with E-state index >= 15 is 0 Å². The van der Waals surface area contributed by atoms with Crippen molar-refractivity contribution in [2.24, 2.45) is 5.92 Å². The molecule has 1 amide bonds. The number of ether oxygens (including phenoxy) is 1. The molecule has 0 saturated heterocycles. The highest BCUT2D eigenvalue weighted by atomic mass is 19.1. The molecule has 0 aliphatic heterocycles. The Morgan fingerprint density at radius 1 is 1.21 bits per heavy atom. The van der Waals surface area contributed by atoms with E-state index in [-0.39, 0.29) is 18.3 Å². The molecule has 0 atom stereocenters. The predicted molar refractivity (Wildman–Crippen MR) is 106 cm³/mol. The van der Waals surface area contributed by atoms with Gasteiger partial charge in [-0.3, -0.25) is 9.48 Å². The fourth-order valence-electron chi connectivity index (χ4n) is 2.90. The Bertz CT molecular complexity index is 951. The van der Waals surface area contributed by atoms with E-state index in [1.807, 2.05) is 16.9 Å². The maximum Gasteiger partial charge on any atom is 0.251 e. The fraction of sp³-hybridized carbons (Fsp3) is 0.286. The summed E-state index contributed by atoms with van der Waals surface area (Å²) >= 11 is 0. The minimum Gasteiger partial charge on any atom is -0.375 e. The SMILES string of the molecule is COCC(=O)Nc1cc(-c2cn(CC(C)C)nc2-c2ccc(F)cc2)ccn1. The predicted octanol–water partition coefficient (Wildman–Crippen LogP) is 3.99. The standard InChI is InChI=1S/C21H23FN4O2/c1-14(2)11-26-12-18(21(25-26)15-4-6-17(22)7-5-15)16-8-9-23-19(10-16)24-20(27)13-28-3/h4-10,12,14H,11,13H2,1-3H3,(H,23,24,27). The minimum absolute atomic E-state index is 0.0426. The lowest BCUT2D eigenvalue weighted by atomic mass is 10.0. The second-order valence-corrected chi connectivity index (χ2v) is 6.93. The Kier molecular flexibility index (Phi) is 6.16. The van der Waals surface area contributed by atoms with Gasteiger partial charge in [-0.05, 0) is 47.9 Å². The molecule has 7 heteroatoms. The number of hydrogen-bond acceptors (Lipinski definition) is 4. The summed E-state index contributed by atoms with van der Waals surface area (Å²) in [6.07, 6.45) is 3.60. The zero-order valence-electron chi connectivity index (χ0n) is 16.1. The first-order chi connectivity index (χ1) is 13.5. The fourth-order valence-corrected chi connectivity index (χ4v) is 2.90. The molecule has 0 unspecified atom stereocenters. The van der Waals surface area contributed by atoms with Gasteiger partial charge in [-0.25, -0.2) is 9.37 Å². The van der Waals surface area contributed by atoms with Crippen LogP contribution in [-0.2, 0) is 16.1 Å². The van der Waals surface area contributed by atoms with Crippen LogP contribution in [0, 0.1) is 11.7 Å². The van der Waals surface area contributed by atoms with E-state index in [9.17, 15) is 9.18 Å². The molecule has 3 rings (SSSR count). The molecule has 0 spiro atoms. The van der Waals surface area contributed by atoms with Crippen LogP contribution < -0.4 is 5.32 Å². The van der Waals surface area contributed by atoms with Crippen LogP contribution >= 0.6 is 0 Å². The van der Waals surface area contributed by atoms with Gasteiger partial charge in [0.25, 0.3) is 5.91 Å². The zero-order valence-corrected chi connectivity index (χ0v) is 16.1. The summed E-state index contributed by atoms with van der Waals surface area (Å²) in [5, 5.41) is 7.42. The van der Waals surface area contributed by atoms with Crippen molar-refractivity contribution in [2.75, 3.05) is 19.0 Å². The van der Waals surface area contributed by atoms with Crippen LogP contribution in [-0.4, -0.2) is 34.4 Å². The molecule has 0 radical (unpaired) electrons. The first-order valence-corrected chi connectivity index (χ1v) is 9.05. The highest BCUT2D eigenvalue weighted by molar-refractivity contribution is 5.91. The molecule has 28 heavy (non-hydrogen) atoms. The van der Waals surface area contributed by atoms with Gasteiger partial charge in [-0.2, -0.15) is 5.10 Å². The van der Waals surface area contributed by atoms with Crippen molar-refractivity contribution in [1.82, 2.24) is 14.8 Å². The lowest BCUT2D eigenvalue weighted by Gasteiger charge is -2.07. The van der Waals surface area contributed by atoms with Gasteiger partial charge in [0.05, 0.1) is 0 Å². The van der Waals surface area contributed by atoms with E-state index in [0.717, 1.165) is 28.9 Å². The highest BCUT2D eigenvalue weighted by Gasteiger charge is 2.15. The Labute approximate surface area is 163 Å². The highest BCUT2D eigenvalue weighted by Crippen LogP contribution is 2.32. The average Bonchev–Trinajstić information content (AvgIpc) is 3.06. The molecule has 2 aromatic heterocycles. The second kappa shape index (κ2) is 8.75. The molecule has 1 N–H and O–H groups in total. The summed E-state index contributed by atoms with van der Waals surface area (Å²) in [6, 6.07) is 9.91. The number of halogens is 1. The number of amides is 1. The molecule has 0 aliphatic carbocycles. The second-order valence-electron chi connectivity index (χ2n) is 6.93. The van der Waals surface area contributed by atoms with Gasteiger partial charge < -0.3 is 10.1 Å². The first-order valence-electron chi connectivity index (χ1n) is 9.05. The third-order valence-electron chi connectivity index (χ3n) is 4.05. The van der Waals surface area contributed by atoms with Crippen LogP contribution in [0.3, 0.4) is 0 Å². The van der Waals surface area contributed by atoms with E-state index in [1.54, 1.807) is 24.4 Å². The minimum atomic E-state index is -0.293. The van der Waals surface area contributed by atoms with Crippen LogP contribution in [0.15, 0.2) is 48.8 Å². The number of carbonyl (C=O) groups excluding carboxylic acids is 1. The number of benzene rings is 1. The van der Waals surface area contributed by atoms with Crippen molar-refractivity contribution in [3.05, 3.63) is 54.6 Å². The van der Waals surface area contributed by atoms with Crippen molar-refractivity contribution in [2.45, 2.75) is 20.4 Å². The summed E-state index contributed by atoms with van der Waals surface area (Å²) in [4.78, 5) is 16.0. The molecule has 0 aliphatic rings. The maximum absolute atomic E-state index is 13.4. The van der Waals surface area contributed by atoms with Crippen LogP contribution in [0.5, 0.6) is 0 Å². The number of hydrogen-bond donors (Lipinski definition) is 1. The first kappa shape index (κ1) is 19.7. The van der Waals surface area contributed by atoms with Gasteiger partial charge in [0.15, 0.2) is 0 Å². The normalized spacial score (nSPS) is 11.0. The number of methoxy groups -OCH3 is 1. The molecule has 3 aromatic rings. The third-order valence-corrected chi connectivity index (χ3v) is 4.05. The van der Waals surface area contributed by atoms with E-state index in [1.165, 1.54) is 19.2 Å². The van der Waals surface area contributed by atoms with Crippen molar-refractivity contribution in [3.63, 3.8) is 0 Å². The largest absolute Gasteiger partial charge is 0.375 e. The van der Waals surface area contributed by atoms with Crippen molar-refractivity contribution >= 4 is 11.7 Å². The summed E-state index contributed by atoms with van der Waals surface area (Å²) in [6.45, 7) is 4.96. The molecule has 2 heterocycles. The van der Waals surface area contributed by atoms with Crippen molar-refractivity contribution in [3.8, 4) is 22.4 Å². The molecule has 146 valence electrons. The Balaban J connectivity index is 2.01. The number of rotatable bonds is 7. The number of nitrogens with zero attached hydrogens (tertiary/aromatic N) is 3. The Morgan fingerprint density at radius 3 is 2.64 bits per heavy atom. The molecule has 6 nitrogen and oxygen atoms in total. The van der Waals surface area contributed by atoms with Crippen molar-refractivity contribution < 1.29 is 13.9 Å². The van der Waals surface area contributed by atoms with Gasteiger partial charge in [-0.1, -0.05) is 13.8 Å². The molecular weight excluding hydrogens is 359 g/mol. The Hall–Kier alpha value is -3.06. The van der Waals surface area contributed by atoms with Gasteiger partial charge in [0.2, 0.25) is 0 Å². The van der Waals surface area contributed by atoms with Crippen LogP contribution in [0.25, 0.3) is 22.4 Å². The summed E-state index contributed by atoms with van der Waals surface area (Å²) in [5.74, 6) is 0.289. The maximum atomic E-state index is 13.4. The number of aromatic nitrogens is 3. The molecule has 0 bridgehead atoms. The lowest BCUT2D eigenvalue weighted by molar-refractivity contribution is -0.119. The van der Waals surface area contributed by atoms with Gasteiger partial charge in [0.1, 0.15) is 23.9 Å². The molecular formula is C21H23FN4O2. The molecule has 1 aromatic carbocycles. The van der Waals surface area contributed by atoms with Gasteiger partial charge >= 0.3 is 0 Å². The van der Waals surface area contributed by atoms with Crippen LogP contribution in [0.2, 0.25) is 0 Å².